The second-order valence-corrected chi connectivity index (χ2v) is 12.0. The predicted molar refractivity (Wildman–Crippen MR) is 156 cm³/mol. The van der Waals surface area contributed by atoms with Gasteiger partial charge in [-0.3, -0.25) is 0 Å². The molecular weight excluding hydrogens is 508 g/mol. The number of benzene rings is 4. The molecule has 0 radical (unpaired) electrons. The summed E-state index contributed by atoms with van der Waals surface area (Å²) in [5.74, 6) is 6.42. The third-order valence-electron chi connectivity index (χ3n) is 5.72. The van der Waals surface area contributed by atoms with E-state index in [2.05, 4.69) is 84.6 Å². The second kappa shape index (κ2) is 11.6. The van der Waals surface area contributed by atoms with E-state index in [9.17, 15) is 4.79 Å². The molecule has 0 bridgehead atoms. The van der Waals surface area contributed by atoms with Gasteiger partial charge in [0.05, 0.1) is 10.9 Å². The van der Waals surface area contributed by atoms with Crippen molar-refractivity contribution in [3.05, 3.63) is 120 Å². The van der Waals surface area contributed by atoms with Gasteiger partial charge in [-0.1, -0.05) is 66.4 Å². The topological polar surface area (TPSA) is 35.5 Å². The molecule has 0 amide bonds. The van der Waals surface area contributed by atoms with Crippen LogP contribution in [-0.2, 0) is 20.4 Å². The van der Waals surface area contributed by atoms with E-state index in [1.807, 2.05) is 41.8 Å². The lowest BCUT2D eigenvalue weighted by atomic mass is 10.1. The molecule has 0 saturated carbocycles. The van der Waals surface area contributed by atoms with Crippen LogP contribution in [0.5, 0.6) is 5.75 Å². The van der Waals surface area contributed by atoms with Crippen molar-refractivity contribution in [2.45, 2.75) is 34.1 Å². The Kier molecular flexibility index (Phi) is 7.83. The predicted octanol–water partition coefficient (Wildman–Crippen LogP) is 7.75. The highest BCUT2D eigenvalue weighted by atomic mass is 32.2. The Bertz CT molecular complexity index is 1540. The number of carbonyl (C=O) groups excluding carboxylic acids is 1. The van der Waals surface area contributed by atoms with Crippen LogP contribution in [0.2, 0.25) is 0 Å². The van der Waals surface area contributed by atoms with Crippen LogP contribution >= 0.6 is 11.3 Å². The Morgan fingerprint density at radius 1 is 0.789 bits per heavy atom. The van der Waals surface area contributed by atoms with Crippen molar-refractivity contribution in [1.29, 1.82) is 0 Å². The Labute approximate surface area is 230 Å². The van der Waals surface area contributed by atoms with Crippen LogP contribution in [0.3, 0.4) is 0 Å². The number of hydrogen-bond donors (Lipinski definition) is 0. The molecule has 0 aliphatic rings. The molecule has 0 aliphatic carbocycles. The van der Waals surface area contributed by atoms with Gasteiger partial charge in [0, 0.05) is 21.0 Å². The van der Waals surface area contributed by atoms with E-state index in [1.54, 1.807) is 25.2 Å². The third kappa shape index (κ3) is 6.28. The summed E-state index contributed by atoms with van der Waals surface area (Å²) in [7, 11) is -0.235. The van der Waals surface area contributed by atoms with E-state index in [0.29, 0.717) is 5.75 Å². The lowest BCUT2D eigenvalue weighted by molar-refractivity contribution is -0.154. The molecule has 5 rings (SSSR count). The maximum absolute atomic E-state index is 12.5. The fraction of sp³-hybridized carbons (Fsp3) is 0.121. The number of ether oxygens (including phenoxy) is 2. The molecule has 0 atom stereocenters. The average Bonchev–Trinajstić information content (AvgIpc) is 3.36. The van der Waals surface area contributed by atoms with Crippen LogP contribution in [0.25, 0.3) is 10.1 Å². The maximum atomic E-state index is 12.5. The first-order chi connectivity index (χ1) is 18.5. The molecule has 4 aromatic carbocycles. The molecule has 0 spiro atoms. The number of rotatable bonds is 7. The summed E-state index contributed by atoms with van der Waals surface area (Å²) in [4.78, 5) is 16.2. The van der Waals surface area contributed by atoms with Gasteiger partial charge in [-0.05, 0) is 68.4 Å². The normalized spacial score (nSPS) is 11.1. The Hall–Kier alpha value is -3.98. The quantitative estimate of drug-likeness (QED) is 0.121. The molecule has 0 N–H and O–H groups in total. The van der Waals surface area contributed by atoms with Gasteiger partial charge in [0.1, 0.15) is 5.75 Å². The van der Waals surface area contributed by atoms with Crippen molar-refractivity contribution in [3.8, 4) is 17.6 Å². The molecule has 0 fully saturated rings. The van der Waals surface area contributed by atoms with Gasteiger partial charge >= 0.3 is 5.97 Å². The molecule has 1 heterocycles. The Morgan fingerprint density at radius 3 is 2.03 bits per heavy atom. The van der Waals surface area contributed by atoms with Crippen LogP contribution in [0.15, 0.2) is 129 Å². The van der Waals surface area contributed by atoms with E-state index in [-0.39, 0.29) is 17.5 Å². The summed E-state index contributed by atoms with van der Waals surface area (Å²) in [5.41, 5.74) is 0.00337. The zero-order valence-electron chi connectivity index (χ0n) is 21.2. The van der Waals surface area contributed by atoms with Crippen molar-refractivity contribution in [2.75, 3.05) is 6.61 Å². The molecule has 38 heavy (non-hydrogen) atoms. The fourth-order valence-corrected chi connectivity index (χ4v) is 6.94. The highest BCUT2D eigenvalue weighted by molar-refractivity contribution is 7.97. The van der Waals surface area contributed by atoms with E-state index in [4.69, 9.17) is 9.47 Å². The van der Waals surface area contributed by atoms with Crippen molar-refractivity contribution in [3.63, 3.8) is 0 Å². The van der Waals surface area contributed by atoms with Crippen LogP contribution < -0.4 is 4.74 Å². The van der Waals surface area contributed by atoms with Crippen molar-refractivity contribution < 1.29 is 14.3 Å². The fourth-order valence-electron chi connectivity index (χ4n) is 3.97. The van der Waals surface area contributed by atoms with E-state index in [1.165, 1.54) is 19.4 Å². The minimum absolute atomic E-state index is 0.186. The summed E-state index contributed by atoms with van der Waals surface area (Å²) in [5, 5.41) is 3.14. The van der Waals surface area contributed by atoms with Gasteiger partial charge < -0.3 is 9.47 Å². The number of hydrogen-bond acceptors (Lipinski definition) is 4. The first-order valence-electron chi connectivity index (χ1n) is 12.3. The monoisotopic (exact) mass is 535 g/mol. The summed E-state index contributed by atoms with van der Waals surface area (Å²) < 4.78 is 12.6. The first-order valence-corrected chi connectivity index (χ1v) is 14.4. The maximum Gasteiger partial charge on any atom is 0.345 e. The highest BCUT2D eigenvalue weighted by Gasteiger charge is 2.28. The SMILES string of the molecule is CC(C)(C#Cc1csc2ccccc12)OC(=O)COc1ccc([S+](c2ccccc2)c2ccccc2)cc1. The zero-order valence-corrected chi connectivity index (χ0v) is 22.9. The molecular formula is C33H27O3S2+. The molecule has 0 saturated heterocycles. The van der Waals surface area contributed by atoms with Crippen molar-refractivity contribution in [1.82, 2.24) is 0 Å². The van der Waals surface area contributed by atoms with Crippen LogP contribution in [-0.4, -0.2) is 18.2 Å². The molecule has 188 valence electrons. The van der Waals surface area contributed by atoms with Gasteiger partial charge in [0.15, 0.2) is 26.9 Å². The van der Waals surface area contributed by atoms with Gasteiger partial charge in [0.2, 0.25) is 0 Å². The summed E-state index contributed by atoms with van der Waals surface area (Å²) in [6, 6.07) is 37.0. The minimum Gasteiger partial charge on any atom is -0.482 e. The molecule has 0 aliphatic heterocycles. The summed E-state index contributed by atoms with van der Waals surface area (Å²) in [6.45, 7) is 3.39. The van der Waals surface area contributed by atoms with Gasteiger partial charge in [-0.2, -0.15) is 0 Å². The Balaban J connectivity index is 1.22. The summed E-state index contributed by atoms with van der Waals surface area (Å²) >= 11 is 1.65. The standard InChI is InChI=1S/C33H27O3S2/c1-33(2,22-21-25-24-37-31-16-10-9-15-30(25)31)36-32(34)23-35-26-17-19-29(20-18-26)38(27-11-5-3-6-12-27)28-13-7-4-8-14-28/h3-20,24H,23H2,1-2H3/q+1. The van der Waals surface area contributed by atoms with Crippen LogP contribution in [0.1, 0.15) is 19.4 Å². The van der Waals surface area contributed by atoms with Gasteiger partial charge in [-0.25, -0.2) is 4.79 Å². The minimum atomic E-state index is -0.937. The van der Waals surface area contributed by atoms with Gasteiger partial charge in [-0.15, -0.1) is 11.3 Å². The van der Waals surface area contributed by atoms with Crippen LogP contribution in [0.4, 0.5) is 0 Å². The number of fused-ring (bicyclic) bond motifs is 1. The molecule has 1 aromatic heterocycles. The van der Waals surface area contributed by atoms with E-state index in [0.717, 1.165) is 10.9 Å². The number of esters is 1. The molecule has 5 heteroatoms. The van der Waals surface area contributed by atoms with Crippen molar-refractivity contribution in [2.24, 2.45) is 0 Å². The number of carbonyl (C=O) groups is 1. The summed E-state index contributed by atoms with van der Waals surface area (Å²) in [6.07, 6.45) is 0. The lowest BCUT2D eigenvalue weighted by Crippen LogP contribution is -2.29. The molecule has 3 nitrogen and oxygen atoms in total. The largest absolute Gasteiger partial charge is 0.482 e. The zero-order chi connectivity index (χ0) is 26.4. The average molecular weight is 536 g/mol. The molecule has 0 unspecified atom stereocenters. The van der Waals surface area contributed by atoms with E-state index >= 15 is 0 Å². The Morgan fingerprint density at radius 2 is 1.37 bits per heavy atom. The third-order valence-corrected chi connectivity index (χ3v) is 8.92. The number of thiophene rings is 1. The van der Waals surface area contributed by atoms with Crippen molar-refractivity contribution >= 4 is 38.3 Å². The molecule has 5 aromatic rings. The lowest BCUT2D eigenvalue weighted by Gasteiger charge is -2.18. The highest BCUT2D eigenvalue weighted by Crippen LogP contribution is 2.32. The second-order valence-electron chi connectivity index (χ2n) is 9.07. The smallest absolute Gasteiger partial charge is 0.345 e. The van der Waals surface area contributed by atoms with E-state index < -0.39 is 11.6 Å². The van der Waals surface area contributed by atoms with Crippen LogP contribution in [0, 0.1) is 11.8 Å². The first kappa shape index (κ1) is 25.7. The van der Waals surface area contributed by atoms with Gasteiger partial charge in [0.25, 0.3) is 0 Å².